The minimum absolute atomic E-state index is 0.0521. The Hall–Kier alpha value is -1.43. The van der Waals surface area contributed by atoms with Crippen molar-refractivity contribution in [2.45, 2.75) is 39.2 Å². The van der Waals surface area contributed by atoms with E-state index in [9.17, 15) is 4.79 Å². The Kier molecular flexibility index (Phi) is 4.91. The first-order valence-electron chi connectivity index (χ1n) is 5.50. The summed E-state index contributed by atoms with van der Waals surface area (Å²) in [5, 5.41) is 18.0. The van der Waals surface area contributed by atoms with Gasteiger partial charge in [0.2, 0.25) is 5.82 Å². The van der Waals surface area contributed by atoms with E-state index in [1.54, 1.807) is 0 Å². The Morgan fingerprint density at radius 2 is 2.38 bits per heavy atom. The first-order chi connectivity index (χ1) is 7.67. The average molecular weight is 226 g/mol. The second kappa shape index (κ2) is 6.22. The van der Waals surface area contributed by atoms with E-state index in [0.29, 0.717) is 6.42 Å². The highest BCUT2D eigenvalue weighted by Gasteiger charge is 2.14. The lowest BCUT2D eigenvalue weighted by atomic mass is 10.2. The van der Waals surface area contributed by atoms with Gasteiger partial charge in [-0.05, 0) is 19.8 Å². The first-order valence-corrected chi connectivity index (χ1v) is 5.50. The van der Waals surface area contributed by atoms with Crippen molar-refractivity contribution < 1.29 is 9.90 Å². The van der Waals surface area contributed by atoms with Gasteiger partial charge in [-0.2, -0.15) is 0 Å². The summed E-state index contributed by atoms with van der Waals surface area (Å²) < 4.78 is 0. The molecule has 90 valence electrons. The molecule has 1 rings (SSSR count). The molecule has 1 heterocycles. The molecule has 1 atom stereocenters. The van der Waals surface area contributed by atoms with Crippen molar-refractivity contribution in [3.8, 4) is 0 Å². The normalized spacial score (nSPS) is 12.4. The number of aryl methyl sites for hydroxylation is 1. The number of aliphatic hydroxyl groups is 1. The van der Waals surface area contributed by atoms with Gasteiger partial charge in [-0.1, -0.05) is 6.92 Å². The average Bonchev–Trinajstić information content (AvgIpc) is 2.67. The van der Waals surface area contributed by atoms with Gasteiger partial charge in [0.15, 0.2) is 0 Å². The van der Waals surface area contributed by atoms with Crippen molar-refractivity contribution in [3.05, 3.63) is 11.6 Å². The molecule has 1 unspecified atom stereocenters. The van der Waals surface area contributed by atoms with Crippen LogP contribution in [0, 0.1) is 0 Å². The SMILES string of the molecule is CCCc1nc(C(=O)NC(C)CCO)n[nH]1. The highest BCUT2D eigenvalue weighted by Crippen LogP contribution is 1.98. The van der Waals surface area contributed by atoms with Gasteiger partial charge in [-0.3, -0.25) is 9.89 Å². The van der Waals surface area contributed by atoms with Crippen LogP contribution in [0.4, 0.5) is 0 Å². The van der Waals surface area contributed by atoms with Gasteiger partial charge < -0.3 is 10.4 Å². The fourth-order valence-electron chi connectivity index (χ4n) is 1.30. The maximum absolute atomic E-state index is 11.6. The molecule has 0 aliphatic carbocycles. The van der Waals surface area contributed by atoms with Crippen LogP contribution in [0.2, 0.25) is 0 Å². The van der Waals surface area contributed by atoms with Gasteiger partial charge in [-0.25, -0.2) is 4.98 Å². The summed E-state index contributed by atoms with van der Waals surface area (Å²) in [6.07, 6.45) is 2.27. The van der Waals surface area contributed by atoms with Crippen molar-refractivity contribution in [2.75, 3.05) is 6.61 Å². The number of nitrogens with one attached hydrogen (secondary N) is 2. The van der Waals surface area contributed by atoms with Crippen molar-refractivity contribution in [1.82, 2.24) is 20.5 Å². The summed E-state index contributed by atoms with van der Waals surface area (Å²) in [6.45, 7) is 3.91. The Morgan fingerprint density at radius 1 is 1.62 bits per heavy atom. The lowest BCUT2D eigenvalue weighted by Crippen LogP contribution is -2.33. The number of rotatable bonds is 6. The molecule has 0 radical (unpaired) electrons. The van der Waals surface area contributed by atoms with Crippen LogP contribution in [-0.2, 0) is 6.42 Å². The third-order valence-corrected chi connectivity index (χ3v) is 2.16. The van der Waals surface area contributed by atoms with E-state index >= 15 is 0 Å². The molecule has 6 heteroatoms. The van der Waals surface area contributed by atoms with E-state index in [4.69, 9.17) is 5.11 Å². The molecule has 6 nitrogen and oxygen atoms in total. The van der Waals surface area contributed by atoms with E-state index in [1.165, 1.54) is 0 Å². The minimum atomic E-state index is -0.306. The van der Waals surface area contributed by atoms with E-state index in [0.717, 1.165) is 18.7 Å². The number of aromatic nitrogens is 3. The summed E-state index contributed by atoms with van der Waals surface area (Å²) in [7, 11) is 0. The zero-order valence-electron chi connectivity index (χ0n) is 9.66. The molecule has 1 amide bonds. The molecule has 0 aliphatic rings. The number of carbonyl (C=O) groups is 1. The maximum atomic E-state index is 11.6. The quantitative estimate of drug-likeness (QED) is 0.648. The summed E-state index contributed by atoms with van der Waals surface area (Å²) in [4.78, 5) is 15.7. The monoisotopic (exact) mass is 226 g/mol. The van der Waals surface area contributed by atoms with E-state index in [-0.39, 0.29) is 24.4 Å². The number of amides is 1. The van der Waals surface area contributed by atoms with E-state index < -0.39 is 0 Å². The maximum Gasteiger partial charge on any atom is 0.291 e. The first kappa shape index (κ1) is 12.6. The molecule has 0 fully saturated rings. The summed E-state index contributed by atoms with van der Waals surface area (Å²) in [5.74, 6) is 0.579. The Morgan fingerprint density at radius 3 is 3.00 bits per heavy atom. The predicted octanol–water partition coefficient (Wildman–Crippen LogP) is 0.258. The van der Waals surface area contributed by atoms with Gasteiger partial charge in [0, 0.05) is 19.1 Å². The van der Waals surface area contributed by atoms with Crippen LogP contribution in [0.15, 0.2) is 0 Å². The zero-order chi connectivity index (χ0) is 12.0. The molecule has 1 aromatic rings. The van der Waals surface area contributed by atoms with Gasteiger partial charge in [0.1, 0.15) is 5.82 Å². The summed E-state index contributed by atoms with van der Waals surface area (Å²) >= 11 is 0. The van der Waals surface area contributed by atoms with Gasteiger partial charge in [0.05, 0.1) is 0 Å². The summed E-state index contributed by atoms with van der Waals surface area (Å²) in [5.41, 5.74) is 0. The second-order valence-corrected chi connectivity index (χ2v) is 3.74. The Balaban J connectivity index is 2.52. The summed E-state index contributed by atoms with van der Waals surface area (Å²) in [6, 6.07) is -0.0781. The molecule has 0 spiro atoms. The van der Waals surface area contributed by atoms with E-state index in [2.05, 4.69) is 20.5 Å². The van der Waals surface area contributed by atoms with Crippen molar-refractivity contribution >= 4 is 5.91 Å². The minimum Gasteiger partial charge on any atom is -0.396 e. The van der Waals surface area contributed by atoms with Gasteiger partial charge >= 0.3 is 0 Å². The molecule has 0 saturated carbocycles. The number of aromatic amines is 1. The number of nitrogens with zero attached hydrogens (tertiary/aromatic N) is 2. The number of hydrogen-bond acceptors (Lipinski definition) is 4. The van der Waals surface area contributed by atoms with Crippen LogP contribution in [0.25, 0.3) is 0 Å². The predicted molar refractivity (Wildman–Crippen MR) is 59.0 cm³/mol. The van der Waals surface area contributed by atoms with E-state index in [1.807, 2.05) is 13.8 Å². The van der Waals surface area contributed by atoms with Gasteiger partial charge in [0.25, 0.3) is 5.91 Å². The van der Waals surface area contributed by atoms with Gasteiger partial charge in [-0.15, -0.1) is 5.10 Å². The molecular weight excluding hydrogens is 208 g/mol. The molecule has 16 heavy (non-hydrogen) atoms. The smallest absolute Gasteiger partial charge is 0.291 e. The number of carbonyl (C=O) groups excluding carboxylic acids is 1. The highest BCUT2D eigenvalue weighted by molar-refractivity contribution is 5.90. The molecule has 0 bridgehead atoms. The van der Waals surface area contributed by atoms with Crippen LogP contribution in [0.3, 0.4) is 0 Å². The highest BCUT2D eigenvalue weighted by atomic mass is 16.3. The third-order valence-electron chi connectivity index (χ3n) is 2.16. The Labute approximate surface area is 94.5 Å². The van der Waals surface area contributed by atoms with Crippen molar-refractivity contribution in [3.63, 3.8) is 0 Å². The van der Waals surface area contributed by atoms with Crippen LogP contribution in [0.1, 0.15) is 43.1 Å². The molecule has 3 N–H and O–H groups in total. The van der Waals surface area contributed by atoms with Crippen LogP contribution in [0.5, 0.6) is 0 Å². The number of aliphatic hydroxyl groups excluding tert-OH is 1. The lowest BCUT2D eigenvalue weighted by molar-refractivity contribution is 0.0924. The molecular formula is C10H18N4O2. The molecule has 1 aromatic heterocycles. The molecule has 0 aliphatic heterocycles. The fourth-order valence-corrected chi connectivity index (χ4v) is 1.30. The standard InChI is InChI=1S/C10H18N4O2/c1-3-4-8-12-9(14-13-8)10(16)11-7(2)5-6-15/h7,15H,3-6H2,1-2H3,(H,11,16)(H,12,13,14). The molecule has 0 aromatic carbocycles. The van der Waals surface area contributed by atoms with Crippen molar-refractivity contribution in [2.24, 2.45) is 0 Å². The third kappa shape index (κ3) is 3.62. The van der Waals surface area contributed by atoms with Crippen LogP contribution in [-0.4, -0.2) is 38.8 Å². The lowest BCUT2D eigenvalue weighted by Gasteiger charge is -2.09. The zero-order valence-corrected chi connectivity index (χ0v) is 9.66. The topological polar surface area (TPSA) is 90.9 Å². The molecule has 0 saturated heterocycles. The van der Waals surface area contributed by atoms with Crippen LogP contribution < -0.4 is 5.32 Å². The van der Waals surface area contributed by atoms with Crippen molar-refractivity contribution in [1.29, 1.82) is 0 Å². The largest absolute Gasteiger partial charge is 0.396 e. The number of hydrogen-bond donors (Lipinski definition) is 3. The number of H-pyrrole nitrogens is 1. The fraction of sp³-hybridized carbons (Fsp3) is 0.700. The van der Waals surface area contributed by atoms with Crippen LogP contribution >= 0.6 is 0 Å². The second-order valence-electron chi connectivity index (χ2n) is 3.74. The Bertz CT molecular complexity index is 337.